The van der Waals surface area contributed by atoms with Gasteiger partial charge >= 0.3 is 6.18 Å². The molecule has 0 spiro atoms. The Bertz CT molecular complexity index is 603. The van der Waals surface area contributed by atoms with E-state index in [0.717, 1.165) is 0 Å². The monoisotopic (exact) mass is 276 g/mol. The minimum atomic E-state index is -4.50. The summed E-state index contributed by atoms with van der Waals surface area (Å²) < 4.78 is 37.3. The number of hydrogen-bond donors (Lipinski definition) is 2. The molecule has 0 bridgehead atoms. The van der Waals surface area contributed by atoms with Crippen LogP contribution in [-0.4, -0.2) is 21.7 Å². The summed E-state index contributed by atoms with van der Waals surface area (Å²) in [5.74, 6) is -0.801. The zero-order valence-electron chi connectivity index (χ0n) is 8.92. The highest BCUT2D eigenvalue weighted by molar-refractivity contribution is 6.28. The molecule has 2 rings (SSSR count). The van der Waals surface area contributed by atoms with E-state index in [1.807, 2.05) is 0 Å². The van der Waals surface area contributed by atoms with Crippen LogP contribution in [0.15, 0.2) is 23.2 Å². The normalized spacial score (nSPS) is 13.2. The van der Waals surface area contributed by atoms with E-state index in [-0.39, 0.29) is 22.7 Å². The van der Waals surface area contributed by atoms with Crippen LogP contribution in [0.1, 0.15) is 5.82 Å². The molecule has 0 radical (unpaired) electrons. The van der Waals surface area contributed by atoms with E-state index in [9.17, 15) is 13.2 Å². The van der Waals surface area contributed by atoms with Crippen LogP contribution in [0.25, 0.3) is 11.0 Å². The number of benzene rings is 1. The topological polar surface area (TPSA) is 67.1 Å². The number of imidazole rings is 1. The fraction of sp³-hybridized carbons (Fsp3) is 0.200. The van der Waals surface area contributed by atoms with E-state index in [2.05, 4.69) is 15.0 Å². The van der Waals surface area contributed by atoms with Crippen LogP contribution in [-0.2, 0) is 6.18 Å². The average Bonchev–Trinajstić information content (AvgIpc) is 2.71. The summed E-state index contributed by atoms with van der Waals surface area (Å²) in [4.78, 5) is 9.56. The Balaban J connectivity index is 2.46. The number of halogens is 4. The lowest BCUT2D eigenvalue weighted by molar-refractivity contribution is -0.144. The first-order valence-electron chi connectivity index (χ1n) is 4.86. The molecule has 0 amide bonds. The van der Waals surface area contributed by atoms with E-state index in [0.29, 0.717) is 5.69 Å². The van der Waals surface area contributed by atoms with E-state index in [1.54, 1.807) is 0 Å². The Morgan fingerprint density at radius 2 is 2.17 bits per heavy atom. The molecule has 4 nitrogen and oxygen atoms in total. The van der Waals surface area contributed by atoms with E-state index in [1.165, 1.54) is 18.2 Å². The summed E-state index contributed by atoms with van der Waals surface area (Å²) >= 11 is 5.46. The van der Waals surface area contributed by atoms with Crippen LogP contribution >= 0.6 is 11.6 Å². The molecule has 0 aliphatic heterocycles. The van der Waals surface area contributed by atoms with Crippen molar-refractivity contribution in [3.8, 4) is 0 Å². The van der Waals surface area contributed by atoms with Crippen LogP contribution in [0.3, 0.4) is 0 Å². The number of nitrogens with zero attached hydrogens (tertiary/aromatic N) is 2. The molecule has 0 aliphatic rings. The number of H-pyrrole nitrogens is 1. The maximum Gasteiger partial charge on any atom is 0.449 e. The summed E-state index contributed by atoms with van der Waals surface area (Å²) in [6.45, 7) is 0. The molecule has 1 aromatic carbocycles. The number of aliphatic imine (C=N–C) groups is 1. The van der Waals surface area contributed by atoms with Gasteiger partial charge in [0.2, 0.25) is 5.82 Å². The van der Waals surface area contributed by atoms with Gasteiger partial charge in [0, 0.05) is 0 Å². The number of alkyl halides is 4. The van der Waals surface area contributed by atoms with Gasteiger partial charge in [-0.3, -0.25) is 0 Å². The molecule has 0 unspecified atom stereocenters. The summed E-state index contributed by atoms with van der Waals surface area (Å²) in [5, 5.41) is 0. The first-order chi connectivity index (χ1) is 8.40. The van der Waals surface area contributed by atoms with Crippen LogP contribution in [0.5, 0.6) is 0 Å². The largest absolute Gasteiger partial charge is 0.449 e. The van der Waals surface area contributed by atoms with Gasteiger partial charge in [0.25, 0.3) is 0 Å². The van der Waals surface area contributed by atoms with E-state index < -0.39 is 12.0 Å². The van der Waals surface area contributed by atoms with Crippen molar-refractivity contribution in [1.29, 1.82) is 0 Å². The maximum absolute atomic E-state index is 12.4. The van der Waals surface area contributed by atoms with Gasteiger partial charge in [-0.1, -0.05) is 0 Å². The lowest BCUT2D eigenvalue weighted by Gasteiger charge is -1.99. The second-order valence-electron chi connectivity index (χ2n) is 3.52. The molecule has 3 N–H and O–H groups in total. The number of aromatic amines is 1. The Morgan fingerprint density at radius 3 is 2.78 bits per heavy atom. The third kappa shape index (κ3) is 2.56. The molecule has 0 saturated carbocycles. The van der Waals surface area contributed by atoms with Gasteiger partial charge in [0.15, 0.2) is 0 Å². The molecule has 0 aliphatic carbocycles. The second-order valence-corrected chi connectivity index (χ2v) is 3.79. The van der Waals surface area contributed by atoms with Gasteiger partial charge in [-0.25, -0.2) is 9.98 Å². The molecular weight excluding hydrogens is 269 g/mol. The molecule has 96 valence electrons. The zero-order valence-corrected chi connectivity index (χ0v) is 9.68. The SMILES string of the molecule is NC(CCl)=Nc1ccc2nc(C(F)(F)F)[nH]c2c1. The highest BCUT2D eigenvalue weighted by Crippen LogP contribution is 2.29. The molecule has 0 saturated heterocycles. The van der Waals surface area contributed by atoms with Crippen LogP contribution in [0, 0.1) is 0 Å². The van der Waals surface area contributed by atoms with Gasteiger partial charge in [0.1, 0.15) is 5.84 Å². The Morgan fingerprint density at radius 1 is 1.44 bits per heavy atom. The lowest BCUT2D eigenvalue weighted by atomic mass is 10.3. The third-order valence-corrected chi connectivity index (χ3v) is 2.42. The highest BCUT2D eigenvalue weighted by atomic mass is 35.5. The van der Waals surface area contributed by atoms with Crippen molar-refractivity contribution in [2.24, 2.45) is 10.7 Å². The van der Waals surface area contributed by atoms with E-state index >= 15 is 0 Å². The average molecular weight is 277 g/mol. The first kappa shape index (κ1) is 12.7. The quantitative estimate of drug-likeness (QED) is 0.503. The molecule has 0 atom stereocenters. The number of amidine groups is 1. The van der Waals surface area contributed by atoms with Gasteiger partial charge < -0.3 is 10.7 Å². The van der Waals surface area contributed by atoms with Crippen molar-refractivity contribution in [2.75, 3.05) is 5.88 Å². The number of rotatable bonds is 2. The summed E-state index contributed by atoms with van der Waals surface area (Å²) in [6.07, 6.45) is -4.50. The molecule has 1 aromatic heterocycles. The molecular formula is C10H8ClF3N4. The number of nitrogens with one attached hydrogen (secondary N) is 1. The van der Waals surface area contributed by atoms with Crippen molar-refractivity contribution >= 4 is 34.2 Å². The minimum Gasteiger partial charge on any atom is -0.386 e. The summed E-state index contributed by atoms with van der Waals surface area (Å²) in [6, 6.07) is 4.38. The third-order valence-electron chi connectivity index (χ3n) is 2.14. The van der Waals surface area contributed by atoms with E-state index in [4.69, 9.17) is 17.3 Å². The first-order valence-corrected chi connectivity index (χ1v) is 5.39. The van der Waals surface area contributed by atoms with Gasteiger partial charge in [-0.15, -0.1) is 11.6 Å². The molecule has 2 aromatic rings. The fourth-order valence-electron chi connectivity index (χ4n) is 1.40. The second kappa shape index (κ2) is 4.49. The maximum atomic E-state index is 12.4. The Kier molecular flexibility index (Phi) is 3.16. The van der Waals surface area contributed by atoms with Crippen molar-refractivity contribution < 1.29 is 13.2 Å². The Hall–Kier alpha value is -1.76. The number of nitrogens with two attached hydrogens (primary N) is 1. The van der Waals surface area contributed by atoms with Crippen molar-refractivity contribution in [3.63, 3.8) is 0 Å². The smallest absolute Gasteiger partial charge is 0.386 e. The number of aromatic nitrogens is 2. The molecule has 8 heteroatoms. The van der Waals surface area contributed by atoms with Gasteiger partial charge in [0.05, 0.1) is 22.6 Å². The number of fused-ring (bicyclic) bond motifs is 1. The standard InChI is InChI=1S/C10H8ClF3N4/c11-4-8(15)16-5-1-2-6-7(3-5)18-9(17-6)10(12,13)14/h1-3H,4H2,(H2,15,16)(H,17,18). The predicted molar refractivity (Wildman–Crippen MR) is 63.1 cm³/mol. The van der Waals surface area contributed by atoms with Gasteiger partial charge in [-0.05, 0) is 18.2 Å². The van der Waals surface area contributed by atoms with Crippen LogP contribution in [0.4, 0.5) is 18.9 Å². The van der Waals surface area contributed by atoms with Crippen molar-refractivity contribution in [1.82, 2.24) is 9.97 Å². The van der Waals surface area contributed by atoms with Gasteiger partial charge in [-0.2, -0.15) is 13.2 Å². The zero-order chi connectivity index (χ0) is 13.3. The summed E-state index contributed by atoms with van der Waals surface area (Å²) in [7, 11) is 0. The van der Waals surface area contributed by atoms with Crippen LogP contribution in [0.2, 0.25) is 0 Å². The fourth-order valence-corrected chi connectivity index (χ4v) is 1.46. The lowest BCUT2D eigenvalue weighted by Crippen LogP contribution is -2.12. The number of hydrogen-bond acceptors (Lipinski definition) is 2. The van der Waals surface area contributed by atoms with Crippen molar-refractivity contribution in [3.05, 3.63) is 24.0 Å². The minimum absolute atomic E-state index is 0.0504. The molecule has 18 heavy (non-hydrogen) atoms. The Labute approximate surface area is 105 Å². The molecule has 1 heterocycles. The molecule has 0 fully saturated rings. The summed E-state index contributed by atoms with van der Waals surface area (Å²) in [5.41, 5.74) is 6.31. The van der Waals surface area contributed by atoms with Crippen LogP contribution < -0.4 is 5.73 Å². The highest BCUT2D eigenvalue weighted by Gasteiger charge is 2.34. The predicted octanol–water partition coefficient (Wildman–Crippen LogP) is 2.81. The van der Waals surface area contributed by atoms with Crippen molar-refractivity contribution in [2.45, 2.75) is 6.18 Å².